The molecular formula is C14H18ClN3O. The lowest BCUT2D eigenvalue weighted by Crippen LogP contribution is -2.19. The summed E-state index contributed by atoms with van der Waals surface area (Å²) in [5, 5.41) is 0. The van der Waals surface area contributed by atoms with Gasteiger partial charge in [-0.25, -0.2) is 9.97 Å². The van der Waals surface area contributed by atoms with Gasteiger partial charge in [0.2, 0.25) is 0 Å². The molecular weight excluding hydrogens is 262 g/mol. The van der Waals surface area contributed by atoms with E-state index in [0.717, 1.165) is 42.0 Å². The molecule has 3 rings (SSSR count). The fraction of sp³-hybridized carbons (Fsp3) is 0.571. The minimum Gasteiger partial charge on any atom is -0.376 e. The molecule has 102 valence electrons. The maximum Gasteiger partial charge on any atom is 0.160 e. The Balaban J connectivity index is 2.19. The molecule has 0 N–H and O–H groups in total. The number of ether oxygens (including phenoxy) is 1. The maximum atomic E-state index is 5.91. The van der Waals surface area contributed by atoms with E-state index >= 15 is 0 Å². The van der Waals surface area contributed by atoms with Crippen LogP contribution in [0.2, 0.25) is 0 Å². The van der Waals surface area contributed by atoms with Crippen LogP contribution in [0.4, 0.5) is 0 Å². The van der Waals surface area contributed by atoms with Crippen molar-refractivity contribution >= 4 is 22.8 Å². The number of aromatic nitrogens is 3. The number of alkyl halides is 1. The van der Waals surface area contributed by atoms with Crippen molar-refractivity contribution in [2.45, 2.75) is 38.8 Å². The molecule has 0 bridgehead atoms. The van der Waals surface area contributed by atoms with Crippen molar-refractivity contribution in [1.82, 2.24) is 14.5 Å². The molecule has 0 aromatic carbocycles. The number of hydrogen-bond acceptors (Lipinski definition) is 3. The lowest BCUT2D eigenvalue weighted by Gasteiger charge is -2.18. The van der Waals surface area contributed by atoms with Crippen molar-refractivity contribution in [3.63, 3.8) is 0 Å². The zero-order valence-electron chi connectivity index (χ0n) is 11.3. The summed E-state index contributed by atoms with van der Waals surface area (Å²) in [7, 11) is 0. The second-order valence-corrected chi connectivity index (χ2v) is 5.45. The average Bonchev–Trinajstić information content (AvgIpc) is 2.94. The summed E-state index contributed by atoms with van der Waals surface area (Å²) in [4.78, 5) is 9.27. The number of aryl methyl sites for hydroxylation is 2. The summed E-state index contributed by atoms with van der Waals surface area (Å²) in [6.45, 7) is 4.99. The number of imidazole rings is 1. The van der Waals surface area contributed by atoms with Crippen LogP contribution in [-0.2, 0) is 11.2 Å². The zero-order valence-corrected chi connectivity index (χ0v) is 12.0. The normalized spacial score (nSPS) is 23.3. The summed E-state index contributed by atoms with van der Waals surface area (Å²) in [6, 6.07) is 2.32. The topological polar surface area (TPSA) is 39.9 Å². The smallest absolute Gasteiger partial charge is 0.160 e. The fourth-order valence-corrected chi connectivity index (χ4v) is 2.99. The van der Waals surface area contributed by atoms with Gasteiger partial charge in [0, 0.05) is 25.1 Å². The number of rotatable bonds is 3. The molecule has 1 fully saturated rings. The van der Waals surface area contributed by atoms with Crippen molar-refractivity contribution in [3.8, 4) is 0 Å². The van der Waals surface area contributed by atoms with Gasteiger partial charge >= 0.3 is 0 Å². The van der Waals surface area contributed by atoms with Crippen LogP contribution in [0.15, 0.2) is 12.3 Å². The van der Waals surface area contributed by atoms with Gasteiger partial charge in [-0.15, -0.1) is 11.6 Å². The van der Waals surface area contributed by atoms with E-state index in [1.165, 1.54) is 0 Å². The first kappa shape index (κ1) is 12.9. The molecule has 0 aliphatic carbocycles. The quantitative estimate of drug-likeness (QED) is 0.811. The number of halogens is 1. The van der Waals surface area contributed by atoms with Gasteiger partial charge < -0.3 is 9.30 Å². The molecule has 1 aliphatic rings. The molecule has 2 atom stereocenters. The van der Waals surface area contributed by atoms with Crippen LogP contribution >= 0.6 is 11.6 Å². The summed E-state index contributed by atoms with van der Waals surface area (Å²) in [6.07, 6.45) is 3.83. The van der Waals surface area contributed by atoms with E-state index in [4.69, 9.17) is 21.3 Å². The Morgan fingerprint density at radius 2 is 2.37 bits per heavy atom. The number of fused-ring (bicyclic) bond motifs is 1. The highest BCUT2D eigenvalue weighted by atomic mass is 35.5. The second-order valence-electron chi connectivity index (χ2n) is 5.07. The maximum absolute atomic E-state index is 5.91. The van der Waals surface area contributed by atoms with Gasteiger partial charge in [0.05, 0.1) is 12.1 Å². The fourth-order valence-electron chi connectivity index (χ4n) is 2.82. The zero-order chi connectivity index (χ0) is 13.4. The van der Waals surface area contributed by atoms with Gasteiger partial charge in [0.15, 0.2) is 5.65 Å². The number of nitrogens with zero attached hydrogens (tertiary/aromatic N) is 3. The SMILES string of the molecule is Cc1ccnc2c1nc(CCCl)n2C1CCOC1C. The van der Waals surface area contributed by atoms with Crippen LogP contribution in [0.5, 0.6) is 0 Å². The number of hydrogen-bond donors (Lipinski definition) is 0. The molecule has 5 heteroatoms. The molecule has 4 nitrogen and oxygen atoms in total. The van der Waals surface area contributed by atoms with Crippen molar-refractivity contribution in [1.29, 1.82) is 0 Å². The standard InChI is InChI=1S/C14H18ClN3O/c1-9-4-7-16-14-13(9)17-12(3-6-15)18(14)11-5-8-19-10(11)2/h4,7,10-11H,3,5-6,8H2,1-2H3. The Morgan fingerprint density at radius 3 is 3.05 bits per heavy atom. The van der Waals surface area contributed by atoms with Crippen molar-refractivity contribution < 1.29 is 4.74 Å². The first-order valence-corrected chi connectivity index (χ1v) is 7.26. The highest BCUT2D eigenvalue weighted by Crippen LogP contribution is 2.31. The summed E-state index contributed by atoms with van der Waals surface area (Å²) in [5.41, 5.74) is 3.11. The van der Waals surface area contributed by atoms with Crippen LogP contribution in [0, 0.1) is 6.92 Å². The Bertz CT molecular complexity index is 596. The van der Waals surface area contributed by atoms with Crippen LogP contribution in [0.1, 0.15) is 30.8 Å². The monoisotopic (exact) mass is 279 g/mol. The van der Waals surface area contributed by atoms with Crippen molar-refractivity contribution in [2.75, 3.05) is 12.5 Å². The van der Waals surface area contributed by atoms with E-state index in [0.29, 0.717) is 11.9 Å². The predicted molar refractivity (Wildman–Crippen MR) is 75.8 cm³/mol. The lowest BCUT2D eigenvalue weighted by atomic mass is 10.1. The van der Waals surface area contributed by atoms with Gasteiger partial charge in [-0.05, 0) is 31.9 Å². The Morgan fingerprint density at radius 1 is 1.53 bits per heavy atom. The minimum atomic E-state index is 0.203. The van der Waals surface area contributed by atoms with Gasteiger partial charge in [-0.1, -0.05) is 0 Å². The van der Waals surface area contributed by atoms with Gasteiger partial charge in [-0.2, -0.15) is 0 Å². The van der Waals surface area contributed by atoms with Crippen LogP contribution in [-0.4, -0.2) is 33.1 Å². The third-order valence-electron chi connectivity index (χ3n) is 3.84. The molecule has 2 aromatic heterocycles. The summed E-state index contributed by atoms with van der Waals surface area (Å²) in [5.74, 6) is 1.60. The second kappa shape index (κ2) is 5.10. The lowest BCUT2D eigenvalue weighted by molar-refractivity contribution is 0.108. The molecule has 0 radical (unpaired) electrons. The molecule has 0 saturated carbocycles. The van der Waals surface area contributed by atoms with E-state index in [-0.39, 0.29) is 6.10 Å². The Kier molecular flexibility index (Phi) is 3.46. The summed E-state index contributed by atoms with van der Waals surface area (Å²) < 4.78 is 7.93. The third kappa shape index (κ3) is 2.13. The van der Waals surface area contributed by atoms with E-state index in [1.54, 1.807) is 0 Å². The first-order chi connectivity index (χ1) is 9.22. The molecule has 19 heavy (non-hydrogen) atoms. The molecule has 3 heterocycles. The molecule has 2 aromatic rings. The van der Waals surface area contributed by atoms with Gasteiger partial charge in [-0.3, -0.25) is 0 Å². The first-order valence-electron chi connectivity index (χ1n) is 6.72. The molecule has 0 amide bonds. The Labute approximate surface area is 117 Å². The molecule has 0 spiro atoms. The molecule has 2 unspecified atom stereocenters. The predicted octanol–water partition coefficient (Wildman–Crippen LogP) is 2.87. The highest BCUT2D eigenvalue weighted by molar-refractivity contribution is 6.17. The van der Waals surface area contributed by atoms with Gasteiger partial charge in [0.25, 0.3) is 0 Å². The largest absolute Gasteiger partial charge is 0.376 e. The van der Waals surface area contributed by atoms with E-state index in [9.17, 15) is 0 Å². The highest BCUT2D eigenvalue weighted by Gasteiger charge is 2.29. The minimum absolute atomic E-state index is 0.203. The van der Waals surface area contributed by atoms with Crippen molar-refractivity contribution in [2.24, 2.45) is 0 Å². The third-order valence-corrected chi connectivity index (χ3v) is 4.03. The van der Waals surface area contributed by atoms with Crippen molar-refractivity contribution in [3.05, 3.63) is 23.7 Å². The number of pyridine rings is 1. The molecule has 1 saturated heterocycles. The van der Waals surface area contributed by atoms with Crippen LogP contribution < -0.4 is 0 Å². The van der Waals surface area contributed by atoms with Crippen LogP contribution in [0.3, 0.4) is 0 Å². The van der Waals surface area contributed by atoms with E-state index in [1.807, 2.05) is 12.3 Å². The molecule has 1 aliphatic heterocycles. The average molecular weight is 280 g/mol. The van der Waals surface area contributed by atoms with Gasteiger partial charge in [0.1, 0.15) is 11.3 Å². The Hall–Kier alpha value is -1.13. The van der Waals surface area contributed by atoms with E-state index in [2.05, 4.69) is 23.4 Å². The van der Waals surface area contributed by atoms with Crippen LogP contribution in [0.25, 0.3) is 11.2 Å². The van der Waals surface area contributed by atoms with E-state index < -0.39 is 0 Å². The summed E-state index contributed by atoms with van der Waals surface area (Å²) >= 11 is 5.91.